The third kappa shape index (κ3) is 8.59. The van der Waals surface area contributed by atoms with E-state index in [1.807, 2.05) is 26.8 Å². The van der Waals surface area contributed by atoms with Crippen LogP contribution in [0, 0.1) is 29.1 Å². The summed E-state index contributed by atoms with van der Waals surface area (Å²) < 4.78 is 148. The molecule has 1 aliphatic rings. The van der Waals surface area contributed by atoms with Crippen molar-refractivity contribution in [2.24, 2.45) is 0 Å². The van der Waals surface area contributed by atoms with Gasteiger partial charge in [-0.1, -0.05) is 39.0 Å². The highest BCUT2D eigenvalue weighted by Crippen LogP contribution is 2.42. The van der Waals surface area contributed by atoms with Crippen LogP contribution in [0.4, 0.5) is 40.8 Å². The van der Waals surface area contributed by atoms with E-state index in [2.05, 4.69) is 4.98 Å². The van der Waals surface area contributed by atoms with Crippen molar-refractivity contribution in [2.45, 2.75) is 69.1 Å². The van der Waals surface area contributed by atoms with Crippen LogP contribution in [0.15, 0.2) is 59.6 Å². The lowest BCUT2D eigenvalue weighted by atomic mass is 9.84. The van der Waals surface area contributed by atoms with E-state index >= 15 is 8.78 Å². The molecule has 0 atom stereocenters. The topological polar surface area (TPSA) is 117 Å². The van der Waals surface area contributed by atoms with Crippen LogP contribution in [0.3, 0.4) is 0 Å². The number of aromatic nitrogens is 1. The van der Waals surface area contributed by atoms with Gasteiger partial charge >= 0.3 is 12.1 Å². The number of methoxy groups -OCH3 is 1. The molecule has 1 saturated carbocycles. The summed E-state index contributed by atoms with van der Waals surface area (Å²) in [6.45, 7) is 2.35. The molecule has 5 rings (SSSR count). The molecule has 1 heterocycles. The smallest absolute Gasteiger partial charge is 0.418 e. The molecule has 9 nitrogen and oxygen atoms in total. The number of carboxylic acids is 1. The van der Waals surface area contributed by atoms with Crippen LogP contribution in [0.2, 0.25) is 0 Å². The molecule has 1 amide bonds. The number of halogens is 8. The highest BCUT2D eigenvalue weighted by Gasteiger charge is 2.41. The number of nitrogens with zero attached hydrogens (tertiary/aromatic N) is 3. The number of alkyl halides is 3. The zero-order valence-electron chi connectivity index (χ0n) is 29.6. The van der Waals surface area contributed by atoms with Crippen molar-refractivity contribution in [1.82, 2.24) is 9.29 Å². The van der Waals surface area contributed by atoms with Crippen LogP contribution in [0.5, 0.6) is 5.75 Å². The Morgan fingerprint density at radius 1 is 0.891 bits per heavy atom. The van der Waals surface area contributed by atoms with E-state index in [4.69, 9.17) is 4.74 Å². The Balaban J connectivity index is 1.70. The predicted octanol–water partition coefficient (Wildman–Crippen LogP) is 8.10. The Bertz CT molecular complexity index is 2250. The standard InChI is InChI=1S/C37H33F8N3O6S/c1-36(2,3)23-13-19(12-22(14-23)20-7-8-20)16-48(26-10-9-21(35(50)51)15-27(26)54-4)28(49)18-47(17-25-24(37(43,44)45)6-5-11-46-25)55(52,53)34-32(41)30(39)29(38)31(40)33(34)42/h5-6,9-15,20H,7-8,16-18H2,1-4H3,(H,50,51). The van der Waals surface area contributed by atoms with Crippen LogP contribution in [-0.2, 0) is 39.5 Å². The number of benzene rings is 3. The summed E-state index contributed by atoms with van der Waals surface area (Å²) in [5, 5.41) is 9.58. The van der Waals surface area contributed by atoms with E-state index in [0.717, 1.165) is 66.4 Å². The van der Waals surface area contributed by atoms with Crippen LogP contribution >= 0.6 is 0 Å². The Labute approximate surface area is 310 Å². The minimum Gasteiger partial charge on any atom is -0.495 e. The quantitative estimate of drug-likeness (QED) is 0.0875. The lowest BCUT2D eigenvalue weighted by Crippen LogP contribution is -2.43. The second-order valence-corrected chi connectivity index (χ2v) is 15.7. The van der Waals surface area contributed by atoms with Crippen LogP contribution in [-0.4, -0.2) is 48.3 Å². The third-order valence-electron chi connectivity index (χ3n) is 8.89. The Kier molecular flexibility index (Phi) is 11.4. The van der Waals surface area contributed by atoms with Crippen molar-refractivity contribution in [3.63, 3.8) is 0 Å². The van der Waals surface area contributed by atoms with Gasteiger partial charge in [-0.2, -0.15) is 17.5 Å². The summed E-state index contributed by atoms with van der Waals surface area (Å²) in [7, 11) is -4.93. The molecule has 0 bridgehead atoms. The molecular weight excluding hydrogens is 766 g/mol. The van der Waals surface area contributed by atoms with E-state index in [9.17, 15) is 49.5 Å². The average molecular weight is 800 g/mol. The van der Waals surface area contributed by atoms with Gasteiger partial charge in [-0.05, 0) is 71.2 Å². The van der Waals surface area contributed by atoms with Crippen LogP contribution in [0.1, 0.15) is 77.8 Å². The van der Waals surface area contributed by atoms with Gasteiger partial charge in [-0.25, -0.2) is 35.2 Å². The van der Waals surface area contributed by atoms with E-state index in [1.165, 1.54) is 0 Å². The lowest BCUT2D eigenvalue weighted by Gasteiger charge is -2.30. The largest absolute Gasteiger partial charge is 0.495 e. The molecular formula is C37H33F8N3O6S. The minimum absolute atomic E-state index is 0.158. The number of carboxylic acid groups (broad SMARTS) is 1. The fourth-order valence-corrected chi connectivity index (χ4v) is 7.27. The monoisotopic (exact) mass is 799 g/mol. The van der Waals surface area contributed by atoms with Gasteiger partial charge in [0.05, 0.1) is 49.3 Å². The minimum atomic E-state index is -6.06. The SMILES string of the molecule is COc1cc(C(=O)O)ccc1N(Cc1cc(C2CC2)cc(C(C)(C)C)c1)C(=O)CN(Cc1ncccc1C(F)(F)F)S(=O)(=O)c1c(F)c(F)c(F)c(F)c1F. The molecule has 0 radical (unpaired) electrons. The van der Waals surface area contributed by atoms with E-state index in [-0.39, 0.29) is 33.8 Å². The van der Waals surface area contributed by atoms with Crippen LogP contribution in [0.25, 0.3) is 0 Å². The van der Waals surface area contributed by atoms with Gasteiger partial charge in [-0.3, -0.25) is 9.78 Å². The molecule has 0 unspecified atom stereocenters. The molecule has 1 N–H and O–H groups in total. The van der Waals surface area contributed by atoms with Gasteiger partial charge in [0.25, 0.3) is 0 Å². The second kappa shape index (κ2) is 15.2. The van der Waals surface area contributed by atoms with Gasteiger partial charge in [0, 0.05) is 6.20 Å². The van der Waals surface area contributed by atoms with Crippen LogP contribution < -0.4 is 9.64 Å². The normalized spacial score (nSPS) is 13.6. The maximum atomic E-state index is 15.1. The van der Waals surface area contributed by atoms with Crippen molar-refractivity contribution < 1.29 is 63.0 Å². The number of rotatable bonds is 12. The number of pyridine rings is 1. The molecule has 18 heteroatoms. The Hall–Kier alpha value is -5.10. The summed E-state index contributed by atoms with van der Waals surface area (Å²) in [6, 6.07) is 10.2. The molecule has 0 saturated heterocycles. The molecule has 4 aromatic rings. The summed E-state index contributed by atoms with van der Waals surface area (Å²) >= 11 is 0. The Morgan fingerprint density at radius 3 is 2.05 bits per heavy atom. The maximum Gasteiger partial charge on any atom is 0.418 e. The van der Waals surface area contributed by atoms with Gasteiger partial charge in [0.1, 0.15) is 5.75 Å². The van der Waals surface area contributed by atoms with Gasteiger partial charge in [0.2, 0.25) is 21.7 Å². The molecule has 294 valence electrons. The van der Waals surface area contributed by atoms with E-state index in [0.29, 0.717) is 11.6 Å². The number of carbonyl (C=O) groups is 2. The van der Waals surface area contributed by atoms with Crippen molar-refractivity contribution in [3.05, 3.63) is 117 Å². The molecule has 1 aromatic heterocycles. The number of hydrogen-bond acceptors (Lipinski definition) is 6. The first kappa shape index (κ1) is 41.1. The first-order valence-electron chi connectivity index (χ1n) is 16.4. The molecule has 3 aromatic carbocycles. The van der Waals surface area contributed by atoms with Crippen molar-refractivity contribution in [1.29, 1.82) is 0 Å². The highest BCUT2D eigenvalue weighted by atomic mass is 32.2. The lowest BCUT2D eigenvalue weighted by molar-refractivity contribution is -0.138. The molecule has 0 aliphatic heterocycles. The van der Waals surface area contributed by atoms with Crippen molar-refractivity contribution >= 4 is 27.6 Å². The molecule has 0 spiro atoms. The third-order valence-corrected chi connectivity index (χ3v) is 10.7. The number of aromatic carboxylic acids is 1. The first-order chi connectivity index (χ1) is 25.6. The molecule has 1 fully saturated rings. The first-order valence-corrected chi connectivity index (χ1v) is 17.9. The summed E-state index contributed by atoms with van der Waals surface area (Å²) in [6.07, 6.45) is -2.57. The number of sulfonamides is 1. The zero-order chi connectivity index (χ0) is 40.8. The van der Waals surface area contributed by atoms with E-state index in [1.54, 1.807) is 12.1 Å². The Morgan fingerprint density at radius 2 is 1.51 bits per heavy atom. The number of hydrogen-bond donors (Lipinski definition) is 1. The number of anilines is 1. The highest BCUT2D eigenvalue weighted by molar-refractivity contribution is 7.89. The number of amides is 1. The van der Waals surface area contributed by atoms with Gasteiger partial charge in [-0.15, -0.1) is 0 Å². The number of carbonyl (C=O) groups excluding carboxylic acids is 1. The van der Waals surface area contributed by atoms with Crippen molar-refractivity contribution in [3.8, 4) is 5.75 Å². The van der Waals surface area contributed by atoms with Gasteiger partial charge in [0.15, 0.2) is 28.2 Å². The fourth-order valence-electron chi connectivity index (χ4n) is 5.81. The summed E-state index contributed by atoms with van der Waals surface area (Å²) in [5.41, 5.74) is -1.20. The predicted molar refractivity (Wildman–Crippen MR) is 181 cm³/mol. The van der Waals surface area contributed by atoms with E-state index < -0.39 is 91.8 Å². The average Bonchev–Trinajstić information content (AvgIpc) is 3.97. The van der Waals surface area contributed by atoms with Crippen molar-refractivity contribution in [2.75, 3.05) is 18.6 Å². The maximum absolute atomic E-state index is 15.1. The van der Waals surface area contributed by atoms with Gasteiger partial charge < -0.3 is 14.7 Å². The summed E-state index contributed by atoms with van der Waals surface area (Å²) in [4.78, 5) is 28.3. The fraction of sp³-hybridized carbons (Fsp3) is 0.324. The molecule has 55 heavy (non-hydrogen) atoms. The summed E-state index contributed by atoms with van der Waals surface area (Å²) in [5.74, 6) is -16.3. The molecule has 1 aliphatic carbocycles. The second-order valence-electron chi connectivity index (χ2n) is 13.8. The number of ether oxygens (including phenoxy) is 1. The zero-order valence-corrected chi connectivity index (χ0v) is 30.4.